The molecule has 3 aromatic rings. The van der Waals surface area contributed by atoms with Crippen LogP contribution >= 0.6 is 0 Å². The molecule has 2 saturated heterocycles. The van der Waals surface area contributed by atoms with E-state index in [2.05, 4.69) is 9.88 Å². The summed E-state index contributed by atoms with van der Waals surface area (Å²) in [4.78, 5) is 36.6. The summed E-state index contributed by atoms with van der Waals surface area (Å²) in [6.07, 6.45) is 13.2. The minimum Gasteiger partial charge on any atom is -0.320 e. The number of piperidine rings is 2. The number of hydrogen-bond donors (Lipinski definition) is 1. The Bertz CT molecular complexity index is 1460. The van der Waals surface area contributed by atoms with E-state index in [1.54, 1.807) is 12.1 Å². The van der Waals surface area contributed by atoms with Crippen molar-refractivity contribution in [2.24, 2.45) is 23.7 Å². The zero-order chi connectivity index (χ0) is 24.7. The van der Waals surface area contributed by atoms with Gasteiger partial charge in [-0.2, -0.15) is 0 Å². The molecular formula is C31H36N4O2. The molecule has 8 atom stereocenters. The van der Waals surface area contributed by atoms with E-state index in [0.717, 1.165) is 53.6 Å². The Morgan fingerprint density at radius 1 is 0.757 bits per heavy atom. The van der Waals surface area contributed by atoms with Crippen molar-refractivity contribution in [1.82, 2.24) is 19.4 Å². The van der Waals surface area contributed by atoms with Gasteiger partial charge in [0.15, 0.2) is 5.69 Å². The second-order valence-corrected chi connectivity index (χ2v) is 12.7. The largest absolute Gasteiger partial charge is 0.320 e. The van der Waals surface area contributed by atoms with Crippen molar-refractivity contribution in [3.63, 3.8) is 0 Å². The number of benzene rings is 1. The lowest BCUT2D eigenvalue weighted by atomic mass is 9.64. The summed E-state index contributed by atoms with van der Waals surface area (Å²) < 4.78 is 2.04. The van der Waals surface area contributed by atoms with Gasteiger partial charge in [0.2, 0.25) is 5.56 Å². The molecule has 6 nitrogen and oxygen atoms in total. The first kappa shape index (κ1) is 22.3. The predicted octanol–water partition coefficient (Wildman–Crippen LogP) is 5.13. The van der Waals surface area contributed by atoms with E-state index in [9.17, 15) is 9.59 Å². The number of nitrogens with one attached hydrogen (secondary N) is 1. The Hall–Kier alpha value is -2.73. The van der Waals surface area contributed by atoms with Gasteiger partial charge in [0.25, 0.3) is 5.56 Å². The first-order valence-electron chi connectivity index (χ1n) is 14.6. The van der Waals surface area contributed by atoms with Crippen molar-refractivity contribution in [1.29, 1.82) is 0 Å². The maximum absolute atomic E-state index is 14.0. The molecule has 0 spiro atoms. The van der Waals surface area contributed by atoms with Gasteiger partial charge in [0.1, 0.15) is 0 Å². The molecule has 3 aliphatic carbocycles. The maximum atomic E-state index is 14.0. The number of fused-ring (bicyclic) bond motifs is 4. The molecule has 5 fully saturated rings. The number of aromatic nitrogens is 3. The van der Waals surface area contributed by atoms with Crippen LogP contribution in [0.2, 0.25) is 0 Å². The van der Waals surface area contributed by atoms with Crippen molar-refractivity contribution >= 4 is 11.0 Å². The van der Waals surface area contributed by atoms with Crippen LogP contribution in [0.1, 0.15) is 70.3 Å². The molecular weight excluding hydrogens is 460 g/mol. The van der Waals surface area contributed by atoms with E-state index in [1.807, 2.05) is 28.8 Å². The quantitative estimate of drug-likeness (QED) is 0.545. The molecule has 6 heteroatoms. The molecule has 0 amide bonds. The highest BCUT2D eigenvalue weighted by molar-refractivity contribution is 5.77. The van der Waals surface area contributed by atoms with Gasteiger partial charge in [-0.1, -0.05) is 24.6 Å². The van der Waals surface area contributed by atoms with E-state index < -0.39 is 0 Å². The van der Waals surface area contributed by atoms with Crippen LogP contribution in [0, 0.1) is 23.7 Å². The molecule has 8 rings (SSSR count). The van der Waals surface area contributed by atoms with Gasteiger partial charge in [-0.05, 0) is 99.7 Å². The molecule has 1 aromatic carbocycles. The van der Waals surface area contributed by atoms with Crippen molar-refractivity contribution in [3.8, 4) is 11.4 Å². The van der Waals surface area contributed by atoms with Crippen LogP contribution in [0.25, 0.3) is 22.4 Å². The Morgan fingerprint density at radius 2 is 1.57 bits per heavy atom. The Balaban J connectivity index is 1.17. The number of hydrogen-bond acceptors (Lipinski definition) is 4. The molecule has 37 heavy (non-hydrogen) atoms. The third-order valence-electron chi connectivity index (χ3n) is 10.8. The van der Waals surface area contributed by atoms with Crippen LogP contribution in [0.3, 0.4) is 0 Å². The number of para-hydroxylation sites is 2. The average molecular weight is 497 g/mol. The average Bonchev–Trinajstić information content (AvgIpc) is 3.11. The predicted molar refractivity (Wildman–Crippen MR) is 144 cm³/mol. The van der Waals surface area contributed by atoms with Gasteiger partial charge in [-0.15, -0.1) is 0 Å². The SMILES string of the molecule is O=c1cccc(-c2nc3ccccc3n([C@H]3C[C@H]4CCC[C@@H](C3)N4[C@@H]3C[C@@H]4CC5[C@@H](C4)C[C@H]5C3)c2=O)[nH]1. The van der Waals surface area contributed by atoms with Gasteiger partial charge >= 0.3 is 0 Å². The van der Waals surface area contributed by atoms with Crippen LogP contribution in [-0.2, 0) is 0 Å². The Kier molecular flexibility index (Phi) is 5.05. The maximum Gasteiger partial charge on any atom is 0.279 e. The summed E-state index contributed by atoms with van der Waals surface area (Å²) in [6, 6.07) is 15.0. The number of H-pyrrole nitrogens is 1. The van der Waals surface area contributed by atoms with Crippen molar-refractivity contribution < 1.29 is 0 Å². The molecule has 4 bridgehead atoms. The summed E-state index contributed by atoms with van der Waals surface area (Å²) in [5, 5.41) is 0. The fourth-order valence-corrected chi connectivity index (χ4v) is 9.50. The summed E-state index contributed by atoms with van der Waals surface area (Å²) in [5.41, 5.74) is 2.29. The van der Waals surface area contributed by atoms with Crippen LogP contribution < -0.4 is 11.1 Å². The van der Waals surface area contributed by atoms with Crippen LogP contribution in [-0.4, -0.2) is 37.6 Å². The van der Waals surface area contributed by atoms with E-state index in [-0.39, 0.29) is 17.2 Å². The molecule has 2 aromatic heterocycles. The number of pyridine rings is 1. The highest BCUT2D eigenvalue weighted by atomic mass is 16.1. The lowest BCUT2D eigenvalue weighted by Gasteiger charge is -2.54. The number of rotatable bonds is 3. The summed E-state index contributed by atoms with van der Waals surface area (Å²) in [6.45, 7) is 0. The summed E-state index contributed by atoms with van der Waals surface area (Å²) >= 11 is 0. The number of nitrogens with zero attached hydrogens (tertiary/aromatic N) is 3. The Morgan fingerprint density at radius 3 is 2.41 bits per heavy atom. The van der Waals surface area contributed by atoms with Crippen LogP contribution in [0.5, 0.6) is 0 Å². The lowest BCUT2D eigenvalue weighted by molar-refractivity contribution is -0.0437. The molecule has 0 radical (unpaired) electrons. The third kappa shape index (κ3) is 3.51. The second-order valence-electron chi connectivity index (χ2n) is 12.7. The van der Waals surface area contributed by atoms with Crippen molar-refractivity contribution in [3.05, 3.63) is 63.2 Å². The monoisotopic (exact) mass is 496 g/mol. The fraction of sp³-hybridized carbons (Fsp3) is 0.581. The molecule has 4 heterocycles. The highest BCUT2D eigenvalue weighted by Gasteiger charge is 2.53. The molecule has 1 unspecified atom stereocenters. The minimum absolute atomic E-state index is 0.0793. The van der Waals surface area contributed by atoms with E-state index in [4.69, 9.17) is 4.98 Å². The zero-order valence-electron chi connectivity index (χ0n) is 21.4. The molecule has 2 aliphatic heterocycles. The summed E-state index contributed by atoms with van der Waals surface area (Å²) in [5.74, 6) is 4.02. The van der Waals surface area contributed by atoms with Gasteiger partial charge in [-0.3, -0.25) is 14.5 Å². The fourth-order valence-electron chi connectivity index (χ4n) is 9.50. The third-order valence-corrected chi connectivity index (χ3v) is 10.8. The standard InChI is InChI=1S/C31H36N4O2/c36-29-10-4-8-27(32-29)30-31(37)35(28-9-2-1-7-26(28)33-30)24-16-21-5-3-6-22(17-24)34(21)23-12-18-11-19-14-20(15-23)25(19)13-18/h1-2,4,7-10,18-25H,3,5-6,11-17H2,(H,32,36)/t18-,19+,20+,21-,22+,23-,24+,25?/m1/s1. The van der Waals surface area contributed by atoms with Crippen molar-refractivity contribution in [2.75, 3.05) is 0 Å². The molecule has 3 saturated carbocycles. The van der Waals surface area contributed by atoms with Gasteiger partial charge in [0, 0.05) is 30.2 Å². The van der Waals surface area contributed by atoms with Crippen molar-refractivity contribution in [2.45, 2.75) is 88.4 Å². The van der Waals surface area contributed by atoms with Gasteiger partial charge in [0.05, 0.1) is 16.7 Å². The van der Waals surface area contributed by atoms with Gasteiger partial charge in [-0.25, -0.2) is 4.98 Å². The van der Waals surface area contributed by atoms with E-state index in [0.29, 0.717) is 23.5 Å². The van der Waals surface area contributed by atoms with Crippen LogP contribution in [0.4, 0.5) is 0 Å². The topological polar surface area (TPSA) is 71.0 Å². The Labute approximate surface area is 217 Å². The number of aromatic amines is 1. The zero-order valence-corrected chi connectivity index (χ0v) is 21.4. The molecule has 1 N–H and O–H groups in total. The minimum atomic E-state index is -0.212. The smallest absolute Gasteiger partial charge is 0.279 e. The first-order chi connectivity index (χ1) is 18.1. The second kappa shape index (κ2) is 8.39. The van der Waals surface area contributed by atoms with Crippen LogP contribution in [0.15, 0.2) is 52.1 Å². The molecule has 192 valence electrons. The highest BCUT2D eigenvalue weighted by Crippen LogP contribution is 2.59. The first-order valence-corrected chi connectivity index (χ1v) is 14.6. The van der Waals surface area contributed by atoms with E-state index in [1.165, 1.54) is 57.4 Å². The summed E-state index contributed by atoms with van der Waals surface area (Å²) in [7, 11) is 0. The lowest BCUT2D eigenvalue weighted by Crippen LogP contribution is -2.58. The normalized spacial score (nSPS) is 36.8. The van der Waals surface area contributed by atoms with E-state index >= 15 is 0 Å². The van der Waals surface area contributed by atoms with Gasteiger partial charge < -0.3 is 9.55 Å². The molecule has 5 aliphatic rings.